The molecule has 0 radical (unpaired) electrons. The van der Waals surface area contributed by atoms with E-state index < -0.39 is 0 Å². The van der Waals surface area contributed by atoms with E-state index in [4.69, 9.17) is 11.6 Å². The molecule has 1 aliphatic rings. The summed E-state index contributed by atoms with van der Waals surface area (Å²) in [6, 6.07) is 7.84. The van der Waals surface area contributed by atoms with Crippen LogP contribution in [0.3, 0.4) is 0 Å². The standard InChI is InChI=1S/C12H11ClN2.BrH/c13-10-5-3-9(4-6-10)11-8-15-7-1-2-12(15)14-11;/h3-6,8H,1-2,7H2;1H/p-1. The average molecular weight is 299 g/mol. The van der Waals surface area contributed by atoms with Crippen LogP contribution in [0, 0.1) is 0 Å². The number of fused-ring (bicyclic) bond motifs is 1. The lowest BCUT2D eigenvalue weighted by molar-refractivity contribution is -0.00000300. The summed E-state index contributed by atoms with van der Waals surface area (Å²) < 4.78 is 2.24. The summed E-state index contributed by atoms with van der Waals surface area (Å²) in [5, 5.41) is 0.769. The molecule has 1 aromatic carbocycles. The summed E-state index contributed by atoms with van der Waals surface area (Å²) in [5.74, 6) is 1.21. The van der Waals surface area contributed by atoms with Gasteiger partial charge in [-0.25, -0.2) is 4.98 Å². The van der Waals surface area contributed by atoms with Crippen molar-refractivity contribution in [3.63, 3.8) is 0 Å². The number of benzene rings is 1. The minimum absolute atomic E-state index is 0. The van der Waals surface area contributed by atoms with Gasteiger partial charge >= 0.3 is 0 Å². The Labute approximate surface area is 110 Å². The van der Waals surface area contributed by atoms with Gasteiger partial charge in [-0.05, 0) is 18.6 Å². The molecule has 1 aromatic heterocycles. The van der Waals surface area contributed by atoms with Crippen LogP contribution in [-0.2, 0) is 13.0 Å². The van der Waals surface area contributed by atoms with Gasteiger partial charge in [0.2, 0.25) is 0 Å². The Morgan fingerprint density at radius 3 is 2.62 bits per heavy atom. The Bertz CT molecular complexity index is 469. The van der Waals surface area contributed by atoms with E-state index in [1.54, 1.807) is 0 Å². The highest BCUT2D eigenvalue weighted by Crippen LogP contribution is 2.23. The molecule has 0 spiro atoms. The molecule has 0 saturated heterocycles. The number of aromatic nitrogens is 2. The Balaban J connectivity index is 0.000000963. The van der Waals surface area contributed by atoms with Crippen molar-refractivity contribution in [3.8, 4) is 11.3 Å². The van der Waals surface area contributed by atoms with E-state index in [2.05, 4.69) is 15.7 Å². The largest absolute Gasteiger partial charge is 1.00 e. The molecular weight excluding hydrogens is 288 g/mol. The van der Waals surface area contributed by atoms with E-state index in [1.165, 1.54) is 12.2 Å². The lowest BCUT2D eigenvalue weighted by atomic mass is 10.2. The number of halogens is 2. The number of rotatable bonds is 1. The van der Waals surface area contributed by atoms with Crippen molar-refractivity contribution >= 4 is 11.6 Å². The third-order valence-corrected chi connectivity index (χ3v) is 3.05. The van der Waals surface area contributed by atoms with Crippen LogP contribution in [0.25, 0.3) is 11.3 Å². The van der Waals surface area contributed by atoms with E-state index in [1.807, 2.05) is 24.3 Å². The highest BCUT2D eigenvalue weighted by atomic mass is 79.9. The molecule has 16 heavy (non-hydrogen) atoms. The Morgan fingerprint density at radius 2 is 1.94 bits per heavy atom. The zero-order chi connectivity index (χ0) is 10.3. The summed E-state index contributed by atoms with van der Waals surface area (Å²) in [6.45, 7) is 1.11. The van der Waals surface area contributed by atoms with Crippen LogP contribution in [0.5, 0.6) is 0 Å². The zero-order valence-electron chi connectivity index (χ0n) is 8.66. The fourth-order valence-electron chi connectivity index (χ4n) is 2.01. The molecule has 0 amide bonds. The molecule has 0 fully saturated rings. The molecule has 3 rings (SSSR count). The van der Waals surface area contributed by atoms with E-state index in [0.717, 1.165) is 29.2 Å². The van der Waals surface area contributed by atoms with E-state index >= 15 is 0 Å². The van der Waals surface area contributed by atoms with Crippen LogP contribution < -0.4 is 17.0 Å². The third-order valence-electron chi connectivity index (χ3n) is 2.80. The normalized spacial score (nSPS) is 13.3. The van der Waals surface area contributed by atoms with Crippen LogP contribution in [0.2, 0.25) is 5.02 Å². The molecule has 0 aliphatic carbocycles. The van der Waals surface area contributed by atoms with Gasteiger partial charge in [0.25, 0.3) is 0 Å². The molecule has 2 heterocycles. The average Bonchev–Trinajstić information content (AvgIpc) is 2.78. The smallest absolute Gasteiger partial charge is 0.109 e. The molecule has 0 atom stereocenters. The molecule has 84 valence electrons. The number of imidazole rings is 1. The van der Waals surface area contributed by atoms with Gasteiger partial charge in [-0.2, -0.15) is 0 Å². The molecule has 0 unspecified atom stereocenters. The number of hydrogen-bond donors (Lipinski definition) is 0. The van der Waals surface area contributed by atoms with Gasteiger partial charge in [0, 0.05) is 29.7 Å². The van der Waals surface area contributed by atoms with Gasteiger partial charge in [0.05, 0.1) is 5.69 Å². The molecule has 0 saturated carbocycles. The quantitative estimate of drug-likeness (QED) is 0.733. The number of nitrogens with zero attached hydrogens (tertiary/aromatic N) is 2. The van der Waals surface area contributed by atoms with Gasteiger partial charge < -0.3 is 21.5 Å². The highest BCUT2D eigenvalue weighted by Gasteiger charge is 2.14. The second kappa shape index (κ2) is 4.60. The van der Waals surface area contributed by atoms with Crippen molar-refractivity contribution < 1.29 is 17.0 Å². The molecule has 1 aliphatic heterocycles. The maximum Gasteiger partial charge on any atom is 0.109 e. The van der Waals surface area contributed by atoms with Crippen LogP contribution in [0.1, 0.15) is 12.2 Å². The highest BCUT2D eigenvalue weighted by molar-refractivity contribution is 6.30. The third kappa shape index (κ3) is 2.02. The van der Waals surface area contributed by atoms with Crippen molar-refractivity contribution in [2.45, 2.75) is 19.4 Å². The maximum atomic E-state index is 5.85. The van der Waals surface area contributed by atoms with Gasteiger partial charge in [0.1, 0.15) is 5.82 Å². The summed E-state index contributed by atoms with van der Waals surface area (Å²) in [4.78, 5) is 4.61. The maximum absolute atomic E-state index is 5.85. The van der Waals surface area contributed by atoms with Crippen molar-refractivity contribution in [2.24, 2.45) is 0 Å². The number of aryl methyl sites for hydroxylation is 2. The topological polar surface area (TPSA) is 17.8 Å². The first-order valence-electron chi connectivity index (χ1n) is 5.15. The van der Waals surface area contributed by atoms with E-state index in [0.29, 0.717) is 0 Å². The molecule has 2 aromatic rings. The van der Waals surface area contributed by atoms with E-state index in [-0.39, 0.29) is 17.0 Å². The fourth-order valence-corrected chi connectivity index (χ4v) is 2.14. The molecule has 0 bridgehead atoms. The monoisotopic (exact) mass is 297 g/mol. The predicted molar refractivity (Wildman–Crippen MR) is 61.0 cm³/mol. The molecule has 0 N–H and O–H groups in total. The predicted octanol–water partition coefficient (Wildman–Crippen LogP) is 0.154. The first-order valence-corrected chi connectivity index (χ1v) is 5.53. The second-order valence-electron chi connectivity index (χ2n) is 3.85. The van der Waals surface area contributed by atoms with Gasteiger partial charge in [0.15, 0.2) is 0 Å². The Morgan fingerprint density at radius 1 is 1.19 bits per heavy atom. The molecule has 2 nitrogen and oxygen atoms in total. The summed E-state index contributed by atoms with van der Waals surface area (Å²) in [7, 11) is 0. The molecule has 4 heteroatoms. The Kier molecular flexibility index (Phi) is 3.36. The van der Waals surface area contributed by atoms with Crippen LogP contribution in [-0.4, -0.2) is 9.55 Å². The second-order valence-corrected chi connectivity index (χ2v) is 4.28. The molecular formula is C12H11BrClN2-. The first-order chi connectivity index (χ1) is 7.33. The number of hydrogen-bond acceptors (Lipinski definition) is 1. The lowest BCUT2D eigenvalue weighted by Gasteiger charge is -1.96. The fraction of sp³-hybridized carbons (Fsp3) is 0.250. The van der Waals surface area contributed by atoms with E-state index in [9.17, 15) is 0 Å². The summed E-state index contributed by atoms with van der Waals surface area (Å²) in [6.07, 6.45) is 4.46. The van der Waals surface area contributed by atoms with Crippen molar-refractivity contribution in [1.82, 2.24) is 9.55 Å². The minimum Gasteiger partial charge on any atom is -1.00 e. The van der Waals surface area contributed by atoms with Crippen molar-refractivity contribution in [2.75, 3.05) is 0 Å². The van der Waals surface area contributed by atoms with Crippen LogP contribution in [0.4, 0.5) is 0 Å². The Hall–Kier alpha value is -0.800. The van der Waals surface area contributed by atoms with Gasteiger partial charge in [-0.1, -0.05) is 23.7 Å². The van der Waals surface area contributed by atoms with Crippen molar-refractivity contribution in [1.29, 1.82) is 0 Å². The van der Waals surface area contributed by atoms with Crippen LogP contribution in [0.15, 0.2) is 30.5 Å². The lowest BCUT2D eigenvalue weighted by Crippen LogP contribution is -3.00. The minimum atomic E-state index is 0. The summed E-state index contributed by atoms with van der Waals surface area (Å²) in [5.41, 5.74) is 2.20. The van der Waals surface area contributed by atoms with Crippen molar-refractivity contribution in [3.05, 3.63) is 41.3 Å². The summed E-state index contributed by atoms with van der Waals surface area (Å²) >= 11 is 5.85. The zero-order valence-corrected chi connectivity index (χ0v) is 11.0. The first kappa shape index (κ1) is 11.7. The van der Waals surface area contributed by atoms with Gasteiger partial charge in [-0.3, -0.25) is 0 Å². The SMILES string of the molecule is Clc1ccc(-c2cn3c(n2)CCC3)cc1.[Br-]. The van der Waals surface area contributed by atoms with Crippen LogP contribution >= 0.6 is 11.6 Å². The van der Waals surface area contributed by atoms with Gasteiger partial charge in [-0.15, -0.1) is 0 Å².